The summed E-state index contributed by atoms with van der Waals surface area (Å²) in [6.07, 6.45) is -0.601. The highest BCUT2D eigenvalue weighted by Gasteiger charge is 2.39. The molecule has 0 aliphatic heterocycles. The minimum atomic E-state index is -4.91. The minimum absolute atomic E-state index is 0.0261. The Morgan fingerprint density at radius 2 is 1.86 bits per heavy atom. The SMILES string of the molecule is Cc1nc(NC(=O)C(=N)c2c(N)ccc3nc(/C(=C/N)C(=N)C(F)(F)F)c4c(c23)CCCC4)co1. The number of nitrogens with two attached hydrogens (primary N) is 2. The van der Waals surface area contributed by atoms with Gasteiger partial charge in [0.1, 0.15) is 17.7 Å². The number of aromatic nitrogens is 2. The molecule has 182 valence electrons. The molecule has 1 amide bonds. The molecule has 9 nitrogen and oxygen atoms in total. The molecule has 0 saturated carbocycles. The summed E-state index contributed by atoms with van der Waals surface area (Å²) in [5.74, 6) is -0.329. The van der Waals surface area contributed by atoms with Gasteiger partial charge in [0.15, 0.2) is 11.7 Å². The van der Waals surface area contributed by atoms with Crippen LogP contribution in [0, 0.1) is 17.7 Å². The van der Waals surface area contributed by atoms with Crippen molar-refractivity contribution in [3.8, 4) is 0 Å². The zero-order valence-corrected chi connectivity index (χ0v) is 18.6. The molecule has 0 bridgehead atoms. The minimum Gasteiger partial charge on any atom is -0.447 e. The molecule has 1 aromatic carbocycles. The third kappa shape index (κ3) is 4.34. The third-order valence-electron chi connectivity index (χ3n) is 5.82. The number of nitrogen functional groups attached to an aromatic ring is 1. The number of hydrogen-bond acceptors (Lipinski definition) is 8. The van der Waals surface area contributed by atoms with Crippen molar-refractivity contribution in [2.24, 2.45) is 5.73 Å². The first kappa shape index (κ1) is 23.9. The molecule has 35 heavy (non-hydrogen) atoms. The van der Waals surface area contributed by atoms with Gasteiger partial charge < -0.3 is 21.2 Å². The van der Waals surface area contributed by atoms with Crippen LogP contribution in [0.25, 0.3) is 16.5 Å². The molecular weight excluding hydrogens is 463 g/mol. The van der Waals surface area contributed by atoms with Gasteiger partial charge in [-0.05, 0) is 48.9 Å². The number of fused-ring (bicyclic) bond motifs is 3. The van der Waals surface area contributed by atoms with Crippen LogP contribution in [0.4, 0.5) is 24.7 Å². The summed E-state index contributed by atoms with van der Waals surface area (Å²) in [4.78, 5) is 21.2. The van der Waals surface area contributed by atoms with Gasteiger partial charge in [-0.25, -0.2) is 4.98 Å². The third-order valence-corrected chi connectivity index (χ3v) is 5.82. The summed E-state index contributed by atoms with van der Waals surface area (Å²) in [6.45, 7) is 1.60. The van der Waals surface area contributed by atoms with E-state index in [-0.39, 0.29) is 28.3 Å². The monoisotopic (exact) mass is 485 g/mol. The van der Waals surface area contributed by atoms with Crippen LogP contribution >= 0.6 is 0 Å². The molecule has 0 atom stereocenters. The van der Waals surface area contributed by atoms with Crippen LogP contribution in [0.15, 0.2) is 29.0 Å². The number of hydrogen-bond donors (Lipinski definition) is 5. The van der Waals surface area contributed by atoms with Crippen molar-refractivity contribution in [1.82, 2.24) is 9.97 Å². The quantitative estimate of drug-likeness (QED) is 0.271. The highest BCUT2D eigenvalue weighted by atomic mass is 19.4. The van der Waals surface area contributed by atoms with E-state index in [4.69, 9.17) is 26.7 Å². The number of nitrogens with one attached hydrogen (secondary N) is 3. The fourth-order valence-electron chi connectivity index (χ4n) is 4.28. The Kier molecular flexibility index (Phi) is 6.05. The Hall–Kier alpha value is -4.22. The number of rotatable bonds is 5. The lowest BCUT2D eigenvalue weighted by molar-refractivity contribution is -0.110. The molecule has 0 spiro atoms. The van der Waals surface area contributed by atoms with Gasteiger partial charge in [-0.15, -0.1) is 0 Å². The van der Waals surface area contributed by atoms with Gasteiger partial charge >= 0.3 is 6.18 Å². The standard InChI is InChI=1S/C23H22F3N7O2/c1-10-31-16(9-35-10)33-22(34)19(29)18-14(28)6-7-15-17(18)11-4-2-3-5-12(11)20(32-15)13(8-27)21(30)23(24,25)26/h6-9,29-30H,2-5,27-28H2,1H3,(H,33,34)/b13-8-,29-19?,30-21?. The molecule has 0 saturated heterocycles. The topological polar surface area (TPSA) is 168 Å². The van der Waals surface area contributed by atoms with E-state index in [1.165, 1.54) is 18.4 Å². The summed E-state index contributed by atoms with van der Waals surface area (Å²) in [7, 11) is 0. The molecule has 0 fully saturated rings. The van der Waals surface area contributed by atoms with Crippen LogP contribution in [0.1, 0.15) is 41.1 Å². The molecule has 0 unspecified atom stereocenters. The molecule has 0 radical (unpaired) electrons. The van der Waals surface area contributed by atoms with E-state index in [0.29, 0.717) is 41.7 Å². The number of alkyl halides is 3. The maximum Gasteiger partial charge on any atom is 0.433 e. The molecule has 1 aliphatic rings. The number of aryl methyl sites for hydroxylation is 2. The predicted octanol–water partition coefficient (Wildman–Crippen LogP) is 3.88. The van der Waals surface area contributed by atoms with Crippen molar-refractivity contribution in [2.45, 2.75) is 38.8 Å². The van der Waals surface area contributed by atoms with E-state index in [0.717, 1.165) is 12.6 Å². The zero-order chi connectivity index (χ0) is 25.5. The largest absolute Gasteiger partial charge is 0.447 e. The van der Waals surface area contributed by atoms with Crippen molar-refractivity contribution >= 4 is 45.3 Å². The number of oxazole rings is 1. The van der Waals surface area contributed by atoms with Crippen LogP contribution in [-0.2, 0) is 17.6 Å². The first-order valence-corrected chi connectivity index (χ1v) is 10.7. The number of carbonyl (C=O) groups is 1. The van der Waals surface area contributed by atoms with Gasteiger partial charge in [-0.2, -0.15) is 18.2 Å². The molecule has 1 aliphatic carbocycles. The fraction of sp³-hybridized carbons (Fsp3) is 0.261. The molecule has 4 rings (SSSR count). The van der Waals surface area contributed by atoms with Crippen molar-refractivity contribution < 1.29 is 22.4 Å². The second-order valence-corrected chi connectivity index (χ2v) is 8.08. The molecule has 2 aromatic heterocycles. The van der Waals surface area contributed by atoms with Crippen molar-refractivity contribution in [3.63, 3.8) is 0 Å². The van der Waals surface area contributed by atoms with E-state index in [9.17, 15) is 18.0 Å². The summed E-state index contributed by atoms with van der Waals surface area (Å²) in [6, 6.07) is 2.96. The van der Waals surface area contributed by atoms with E-state index in [2.05, 4.69) is 15.3 Å². The summed E-state index contributed by atoms with van der Waals surface area (Å²) >= 11 is 0. The average Bonchev–Trinajstić information content (AvgIpc) is 3.22. The lowest BCUT2D eigenvalue weighted by Gasteiger charge is -2.24. The number of amides is 1. The van der Waals surface area contributed by atoms with Crippen LogP contribution in [-0.4, -0.2) is 33.5 Å². The second kappa shape index (κ2) is 8.85. The number of anilines is 2. The van der Waals surface area contributed by atoms with E-state index < -0.39 is 29.1 Å². The van der Waals surface area contributed by atoms with Crippen LogP contribution in [0.3, 0.4) is 0 Å². The lowest BCUT2D eigenvalue weighted by Crippen LogP contribution is -2.26. The van der Waals surface area contributed by atoms with Crippen molar-refractivity contribution in [3.05, 3.63) is 52.9 Å². The Morgan fingerprint density at radius 3 is 2.46 bits per heavy atom. The maximum atomic E-state index is 13.4. The Morgan fingerprint density at radius 1 is 1.17 bits per heavy atom. The van der Waals surface area contributed by atoms with Gasteiger partial charge in [-0.3, -0.25) is 15.6 Å². The number of pyridine rings is 1. The molecular formula is C23H22F3N7O2. The summed E-state index contributed by atoms with van der Waals surface area (Å²) < 4.78 is 45.1. The van der Waals surface area contributed by atoms with Crippen molar-refractivity contribution in [1.29, 1.82) is 10.8 Å². The zero-order valence-electron chi connectivity index (χ0n) is 18.6. The van der Waals surface area contributed by atoms with E-state index >= 15 is 0 Å². The Bertz CT molecular complexity index is 1410. The van der Waals surface area contributed by atoms with E-state index in [1.54, 1.807) is 6.92 Å². The molecule has 3 aromatic rings. The molecule has 7 N–H and O–H groups in total. The summed E-state index contributed by atoms with van der Waals surface area (Å²) in [5.41, 5.74) is 10.8. The van der Waals surface area contributed by atoms with Gasteiger partial charge in [0.05, 0.1) is 11.2 Å². The second-order valence-electron chi connectivity index (χ2n) is 8.08. The number of carbonyl (C=O) groups excluding carboxylic acids is 1. The lowest BCUT2D eigenvalue weighted by atomic mass is 9.83. The first-order chi connectivity index (χ1) is 16.5. The Labute approximate surface area is 197 Å². The van der Waals surface area contributed by atoms with Crippen LogP contribution < -0.4 is 16.8 Å². The number of halogens is 3. The fourth-order valence-corrected chi connectivity index (χ4v) is 4.28. The highest BCUT2D eigenvalue weighted by Crippen LogP contribution is 2.38. The normalized spacial score (nSPS) is 14.0. The van der Waals surface area contributed by atoms with Crippen LogP contribution in [0.5, 0.6) is 0 Å². The average molecular weight is 485 g/mol. The molecule has 12 heteroatoms. The number of nitrogens with zero attached hydrogens (tertiary/aromatic N) is 2. The number of benzene rings is 1. The van der Waals surface area contributed by atoms with Gasteiger partial charge in [0.25, 0.3) is 5.91 Å². The van der Waals surface area contributed by atoms with Crippen molar-refractivity contribution in [2.75, 3.05) is 11.1 Å². The predicted molar refractivity (Wildman–Crippen MR) is 125 cm³/mol. The van der Waals surface area contributed by atoms with Crippen LogP contribution in [0.2, 0.25) is 0 Å². The van der Waals surface area contributed by atoms with E-state index in [1.807, 2.05) is 0 Å². The van der Waals surface area contributed by atoms with Gasteiger partial charge in [0, 0.05) is 35.3 Å². The highest BCUT2D eigenvalue weighted by molar-refractivity contribution is 6.50. The molecule has 2 heterocycles. The smallest absolute Gasteiger partial charge is 0.433 e. The van der Waals surface area contributed by atoms with Gasteiger partial charge in [-0.1, -0.05) is 0 Å². The first-order valence-electron chi connectivity index (χ1n) is 10.7. The van der Waals surface area contributed by atoms with Gasteiger partial charge in [0.2, 0.25) is 0 Å². The number of allylic oxidation sites excluding steroid dienone is 1. The maximum absolute atomic E-state index is 13.4. The Balaban J connectivity index is 1.90. The summed E-state index contributed by atoms with van der Waals surface area (Å²) in [5, 5.41) is 19.1.